The number of hydrogen-bond donors (Lipinski definition) is 0. The van der Waals surface area contributed by atoms with Gasteiger partial charge in [-0.05, 0) is 38.8 Å². The van der Waals surface area contributed by atoms with Gasteiger partial charge in [-0.1, -0.05) is 18.0 Å². The minimum Gasteiger partial charge on any atom is -0.361 e. The smallest absolute Gasteiger partial charge is 0.227 e. The van der Waals surface area contributed by atoms with Crippen LogP contribution in [0.4, 0.5) is 0 Å². The molecule has 0 aliphatic carbocycles. The monoisotopic (exact) mass is 315 g/mol. The van der Waals surface area contributed by atoms with Crippen LogP contribution in [0.1, 0.15) is 54.4 Å². The van der Waals surface area contributed by atoms with Crippen LogP contribution in [0.25, 0.3) is 0 Å². The van der Waals surface area contributed by atoms with Gasteiger partial charge in [-0.15, -0.1) is 0 Å². The predicted octanol–water partition coefficient (Wildman–Crippen LogP) is 3.32. The molecule has 1 atom stereocenters. The number of carbonyl (C=O) groups excluding carboxylic acids is 1. The van der Waals surface area contributed by atoms with Crippen molar-refractivity contribution in [2.24, 2.45) is 7.05 Å². The van der Waals surface area contributed by atoms with Crippen molar-refractivity contribution in [3.05, 3.63) is 41.0 Å². The minimum atomic E-state index is 0.172. The molecule has 1 aliphatic heterocycles. The lowest BCUT2D eigenvalue weighted by atomic mass is 10.0. The summed E-state index contributed by atoms with van der Waals surface area (Å²) < 4.78 is 7.33. The molecule has 0 bridgehead atoms. The van der Waals surface area contributed by atoms with E-state index < -0.39 is 0 Å². The molecule has 5 nitrogen and oxygen atoms in total. The molecule has 0 radical (unpaired) electrons. The maximum Gasteiger partial charge on any atom is 0.227 e. The van der Waals surface area contributed by atoms with Gasteiger partial charge in [0.25, 0.3) is 0 Å². The molecule has 124 valence electrons. The molecule has 1 aliphatic rings. The highest BCUT2D eigenvalue weighted by Crippen LogP contribution is 2.31. The van der Waals surface area contributed by atoms with Crippen LogP contribution in [-0.4, -0.2) is 27.1 Å². The van der Waals surface area contributed by atoms with E-state index in [2.05, 4.69) is 40.0 Å². The van der Waals surface area contributed by atoms with Gasteiger partial charge in [0, 0.05) is 31.0 Å². The molecular weight excluding hydrogens is 290 g/mol. The normalized spacial score (nSPS) is 18.9. The van der Waals surface area contributed by atoms with Crippen molar-refractivity contribution in [1.82, 2.24) is 14.6 Å². The summed E-state index contributed by atoms with van der Waals surface area (Å²) in [7, 11) is 2.05. The van der Waals surface area contributed by atoms with Crippen LogP contribution in [0.2, 0.25) is 0 Å². The van der Waals surface area contributed by atoms with Crippen molar-refractivity contribution in [1.29, 1.82) is 0 Å². The topological polar surface area (TPSA) is 51.3 Å². The van der Waals surface area contributed by atoms with Gasteiger partial charge < -0.3 is 14.0 Å². The second kappa shape index (κ2) is 6.60. The average Bonchev–Trinajstić information content (AvgIpc) is 2.98. The zero-order chi connectivity index (χ0) is 16.4. The third-order valence-corrected chi connectivity index (χ3v) is 4.91. The van der Waals surface area contributed by atoms with E-state index in [1.807, 2.05) is 13.8 Å². The van der Waals surface area contributed by atoms with Gasteiger partial charge in [-0.25, -0.2) is 0 Å². The Hall–Kier alpha value is -2.04. The molecule has 1 saturated heterocycles. The van der Waals surface area contributed by atoms with Crippen LogP contribution in [0.5, 0.6) is 0 Å². The maximum atomic E-state index is 13.0. The van der Waals surface area contributed by atoms with E-state index in [0.29, 0.717) is 6.42 Å². The molecule has 3 rings (SSSR count). The van der Waals surface area contributed by atoms with Crippen LogP contribution in [0, 0.1) is 13.8 Å². The van der Waals surface area contributed by atoms with Crippen molar-refractivity contribution in [2.75, 3.05) is 6.54 Å². The molecule has 23 heavy (non-hydrogen) atoms. The fourth-order valence-electron chi connectivity index (χ4n) is 3.54. The first kappa shape index (κ1) is 15.8. The zero-order valence-electron chi connectivity index (χ0n) is 14.2. The molecule has 1 amide bonds. The van der Waals surface area contributed by atoms with E-state index in [0.717, 1.165) is 36.4 Å². The second-order valence-electron chi connectivity index (χ2n) is 6.48. The highest BCUT2D eigenvalue weighted by atomic mass is 16.5. The van der Waals surface area contributed by atoms with Gasteiger partial charge in [-0.2, -0.15) is 0 Å². The van der Waals surface area contributed by atoms with Gasteiger partial charge in [0.1, 0.15) is 5.76 Å². The molecular formula is C18H25N3O2. The fraction of sp³-hybridized carbons (Fsp3) is 0.556. The van der Waals surface area contributed by atoms with Crippen molar-refractivity contribution in [2.45, 2.75) is 52.0 Å². The van der Waals surface area contributed by atoms with E-state index in [-0.39, 0.29) is 11.9 Å². The summed E-state index contributed by atoms with van der Waals surface area (Å²) in [6.45, 7) is 4.61. The van der Waals surface area contributed by atoms with Gasteiger partial charge in [0.05, 0.1) is 18.2 Å². The van der Waals surface area contributed by atoms with E-state index in [1.165, 1.54) is 18.5 Å². The minimum absolute atomic E-state index is 0.172. The summed E-state index contributed by atoms with van der Waals surface area (Å²) >= 11 is 0. The van der Waals surface area contributed by atoms with E-state index in [4.69, 9.17) is 4.52 Å². The molecule has 0 unspecified atom stereocenters. The average molecular weight is 315 g/mol. The number of likely N-dealkylation sites (tertiary alicyclic amines) is 1. The van der Waals surface area contributed by atoms with Crippen LogP contribution in [-0.2, 0) is 18.3 Å². The highest BCUT2D eigenvalue weighted by molar-refractivity contribution is 5.79. The number of hydrogen-bond acceptors (Lipinski definition) is 3. The lowest BCUT2D eigenvalue weighted by molar-refractivity contribution is -0.133. The number of aromatic nitrogens is 2. The molecule has 2 aromatic heterocycles. The van der Waals surface area contributed by atoms with Crippen LogP contribution in [0.3, 0.4) is 0 Å². The molecule has 0 spiro atoms. The molecule has 5 heteroatoms. The number of carbonyl (C=O) groups is 1. The predicted molar refractivity (Wildman–Crippen MR) is 88.0 cm³/mol. The Morgan fingerprint density at radius 1 is 1.35 bits per heavy atom. The molecule has 0 aromatic carbocycles. The summed E-state index contributed by atoms with van der Waals surface area (Å²) in [5, 5.41) is 3.97. The van der Waals surface area contributed by atoms with Gasteiger partial charge >= 0.3 is 0 Å². The number of rotatable bonds is 3. The molecule has 2 aromatic rings. The number of aryl methyl sites for hydroxylation is 3. The van der Waals surface area contributed by atoms with Crippen molar-refractivity contribution in [3.8, 4) is 0 Å². The Labute approximate surface area is 137 Å². The molecule has 0 N–H and O–H groups in total. The van der Waals surface area contributed by atoms with E-state index >= 15 is 0 Å². The third kappa shape index (κ3) is 3.19. The first-order valence-electron chi connectivity index (χ1n) is 8.40. The van der Waals surface area contributed by atoms with Gasteiger partial charge in [0.2, 0.25) is 5.91 Å². The number of nitrogens with zero attached hydrogens (tertiary/aromatic N) is 3. The first-order valence-corrected chi connectivity index (χ1v) is 8.40. The second-order valence-corrected chi connectivity index (χ2v) is 6.48. The van der Waals surface area contributed by atoms with Crippen molar-refractivity contribution >= 4 is 5.91 Å². The largest absolute Gasteiger partial charge is 0.361 e. The standard InChI is InChI=1S/C18H25N3O2/c1-13-15(14(2)23-19-13)12-18(22)21-11-6-4-5-8-17(21)16-9-7-10-20(16)3/h7,9-10,17H,4-6,8,11-12H2,1-3H3/t17-/m0/s1. The van der Waals surface area contributed by atoms with Crippen LogP contribution < -0.4 is 0 Å². The van der Waals surface area contributed by atoms with E-state index in [1.54, 1.807) is 0 Å². The van der Waals surface area contributed by atoms with Crippen molar-refractivity contribution in [3.63, 3.8) is 0 Å². The Balaban J connectivity index is 1.85. The molecule has 3 heterocycles. The number of amides is 1. The van der Waals surface area contributed by atoms with Crippen LogP contribution >= 0.6 is 0 Å². The lowest BCUT2D eigenvalue weighted by Crippen LogP contribution is -2.36. The summed E-state index contributed by atoms with van der Waals surface area (Å²) in [4.78, 5) is 15.1. The zero-order valence-corrected chi connectivity index (χ0v) is 14.2. The van der Waals surface area contributed by atoms with Crippen LogP contribution in [0.15, 0.2) is 22.9 Å². The quantitative estimate of drug-likeness (QED) is 0.873. The maximum absolute atomic E-state index is 13.0. The third-order valence-electron chi connectivity index (χ3n) is 4.91. The molecule has 0 saturated carbocycles. The highest BCUT2D eigenvalue weighted by Gasteiger charge is 2.29. The van der Waals surface area contributed by atoms with Gasteiger partial charge in [-0.3, -0.25) is 4.79 Å². The fourth-order valence-corrected chi connectivity index (χ4v) is 3.54. The van der Waals surface area contributed by atoms with Crippen molar-refractivity contribution < 1.29 is 9.32 Å². The van der Waals surface area contributed by atoms with E-state index in [9.17, 15) is 4.79 Å². The molecule has 1 fully saturated rings. The Bertz CT molecular complexity index is 667. The SMILES string of the molecule is Cc1noc(C)c1CC(=O)N1CCCCC[C@H]1c1cccn1C. The summed E-state index contributed by atoms with van der Waals surface area (Å²) in [6, 6.07) is 4.36. The lowest BCUT2D eigenvalue weighted by Gasteiger charge is -2.30. The Morgan fingerprint density at radius 3 is 2.83 bits per heavy atom. The first-order chi connectivity index (χ1) is 11.1. The summed E-state index contributed by atoms with van der Waals surface area (Å²) in [5.41, 5.74) is 2.98. The Kier molecular flexibility index (Phi) is 4.55. The van der Waals surface area contributed by atoms with Gasteiger partial charge in [0.15, 0.2) is 0 Å². The Morgan fingerprint density at radius 2 is 2.17 bits per heavy atom. The summed E-state index contributed by atoms with van der Waals surface area (Å²) in [6.07, 6.45) is 6.90. The summed E-state index contributed by atoms with van der Waals surface area (Å²) in [5.74, 6) is 0.925.